The van der Waals surface area contributed by atoms with E-state index in [0.717, 1.165) is 38.5 Å². The maximum atomic E-state index is 13.0. The molecule has 9 heteroatoms. The average molecular weight is 381 g/mol. The fourth-order valence-electron chi connectivity index (χ4n) is 4.04. The Balaban J connectivity index is 1.35. The van der Waals surface area contributed by atoms with Gasteiger partial charge in [-0.3, -0.25) is 14.3 Å². The van der Waals surface area contributed by atoms with Crippen molar-refractivity contribution in [3.8, 4) is 0 Å². The first-order valence-corrected chi connectivity index (χ1v) is 9.64. The van der Waals surface area contributed by atoms with Crippen LogP contribution in [0.1, 0.15) is 67.8 Å². The van der Waals surface area contributed by atoms with Gasteiger partial charge in [-0.1, -0.05) is 0 Å². The quantitative estimate of drug-likeness (QED) is 0.703. The van der Waals surface area contributed by atoms with E-state index in [0.29, 0.717) is 0 Å². The zero-order valence-corrected chi connectivity index (χ0v) is 15.1. The molecule has 7 nitrogen and oxygen atoms in total. The fourth-order valence-corrected chi connectivity index (χ4v) is 4.04. The van der Waals surface area contributed by atoms with Crippen LogP contribution in [-0.4, -0.2) is 39.6 Å². The second-order valence-corrected chi connectivity index (χ2v) is 8.13. The summed E-state index contributed by atoms with van der Waals surface area (Å²) in [7, 11) is 0. The summed E-state index contributed by atoms with van der Waals surface area (Å²) in [4.78, 5) is 23.7. The second-order valence-electron chi connectivity index (χ2n) is 8.13. The van der Waals surface area contributed by atoms with Gasteiger partial charge < -0.3 is 16.4 Å². The lowest BCUT2D eigenvalue weighted by molar-refractivity contribution is -0.117. The Morgan fingerprint density at radius 1 is 1.11 bits per heavy atom. The summed E-state index contributed by atoms with van der Waals surface area (Å²) in [5.41, 5.74) is 5.65. The average Bonchev–Trinajstić information content (AvgIpc) is 3.35. The first-order valence-electron chi connectivity index (χ1n) is 9.64. The van der Waals surface area contributed by atoms with Crippen LogP contribution in [0, 0.1) is 5.92 Å². The minimum atomic E-state index is -2.50. The smallest absolute Gasteiger partial charge is 0.254 e. The molecule has 0 unspecified atom stereocenters. The van der Waals surface area contributed by atoms with Gasteiger partial charge in [0.25, 0.3) is 11.8 Å². The third-order valence-electron chi connectivity index (χ3n) is 5.82. The highest BCUT2D eigenvalue weighted by atomic mass is 19.3. The molecular formula is C18H25F2N5O2. The molecule has 0 radical (unpaired) electrons. The van der Waals surface area contributed by atoms with Crippen molar-refractivity contribution in [2.45, 2.75) is 75.4 Å². The first-order chi connectivity index (χ1) is 12.8. The number of hydrogen-bond acceptors (Lipinski definition) is 4. The standard InChI is InChI=1S/C18H25F2N5O2/c19-18(20)7-12(8-18)22-11-3-5-13(6-4-11)25-9-14(15(21)26)16(24-25)23-17(27)10-1-2-10/h9-13,22H,1-8H2,(H2,21,26)(H,23,24,27). The van der Waals surface area contributed by atoms with E-state index in [1.54, 1.807) is 10.9 Å². The highest BCUT2D eigenvalue weighted by molar-refractivity contribution is 6.02. The molecule has 0 bridgehead atoms. The number of halogens is 2. The van der Waals surface area contributed by atoms with Crippen LogP contribution in [0.5, 0.6) is 0 Å². The van der Waals surface area contributed by atoms with Crippen molar-refractivity contribution in [2.24, 2.45) is 11.7 Å². The van der Waals surface area contributed by atoms with Gasteiger partial charge >= 0.3 is 0 Å². The number of nitrogens with one attached hydrogen (secondary N) is 2. The predicted octanol–water partition coefficient (Wildman–Crippen LogP) is 2.20. The van der Waals surface area contributed by atoms with Crippen LogP contribution < -0.4 is 16.4 Å². The Bertz CT molecular complexity index is 730. The first kappa shape index (κ1) is 18.3. The topological polar surface area (TPSA) is 102 Å². The van der Waals surface area contributed by atoms with Gasteiger partial charge in [-0.2, -0.15) is 5.10 Å². The predicted molar refractivity (Wildman–Crippen MR) is 94.5 cm³/mol. The summed E-state index contributed by atoms with van der Waals surface area (Å²) in [5.74, 6) is -3.00. The molecule has 0 aliphatic heterocycles. The van der Waals surface area contributed by atoms with Crippen LogP contribution in [0.3, 0.4) is 0 Å². The third-order valence-corrected chi connectivity index (χ3v) is 5.82. The van der Waals surface area contributed by atoms with Crippen molar-refractivity contribution in [3.05, 3.63) is 11.8 Å². The highest BCUT2D eigenvalue weighted by Crippen LogP contribution is 2.39. The van der Waals surface area contributed by atoms with E-state index in [1.165, 1.54) is 0 Å². The summed E-state index contributed by atoms with van der Waals surface area (Å²) in [6, 6.07) is 0.259. The number of hydrogen-bond donors (Lipinski definition) is 3. The number of aromatic nitrogens is 2. The Morgan fingerprint density at radius 2 is 1.78 bits per heavy atom. The van der Waals surface area contributed by atoms with Crippen molar-refractivity contribution in [1.29, 1.82) is 0 Å². The number of anilines is 1. The number of primary amides is 1. The molecular weight excluding hydrogens is 356 g/mol. The fraction of sp³-hybridized carbons (Fsp3) is 0.722. The zero-order valence-electron chi connectivity index (χ0n) is 15.1. The molecule has 0 spiro atoms. The molecule has 0 atom stereocenters. The van der Waals surface area contributed by atoms with Gasteiger partial charge in [0.2, 0.25) is 5.91 Å². The summed E-state index contributed by atoms with van der Waals surface area (Å²) in [6.07, 6.45) is 6.58. The Kier molecular flexibility index (Phi) is 4.65. The van der Waals surface area contributed by atoms with Gasteiger partial charge in [0.1, 0.15) is 5.56 Å². The van der Waals surface area contributed by atoms with Gasteiger partial charge in [0, 0.05) is 37.0 Å². The summed E-state index contributed by atoms with van der Waals surface area (Å²) in [6.45, 7) is 0. The second kappa shape index (κ2) is 6.85. The van der Waals surface area contributed by atoms with Crippen LogP contribution in [0.2, 0.25) is 0 Å². The van der Waals surface area contributed by atoms with E-state index < -0.39 is 11.8 Å². The van der Waals surface area contributed by atoms with Crippen LogP contribution in [0.4, 0.5) is 14.6 Å². The van der Waals surface area contributed by atoms with Crippen molar-refractivity contribution < 1.29 is 18.4 Å². The van der Waals surface area contributed by atoms with E-state index in [1.807, 2.05) is 0 Å². The molecule has 3 aliphatic carbocycles. The van der Waals surface area contributed by atoms with Crippen molar-refractivity contribution in [1.82, 2.24) is 15.1 Å². The molecule has 0 saturated heterocycles. The molecule has 1 aromatic rings. The number of amides is 2. The van der Waals surface area contributed by atoms with E-state index in [9.17, 15) is 18.4 Å². The summed E-state index contributed by atoms with van der Waals surface area (Å²) < 4.78 is 27.6. The molecule has 148 valence electrons. The lowest BCUT2D eigenvalue weighted by Gasteiger charge is -2.39. The Hall–Kier alpha value is -2.03. The Morgan fingerprint density at radius 3 is 2.33 bits per heavy atom. The van der Waals surface area contributed by atoms with Gasteiger partial charge in [0.15, 0.2) is 5.82 Å². The number of rotatable bonds is 6. The SMILES string of the molecule is NC(=O)c1cn(C2CCC(NC3CC(F)(F)C3)CC2)nc1NC(=O)C1CC1. The van der Waals surface area contributed by atoms with Gasteiger partial charge in [0.05, 0.1) is 6.04 Å². The normalized spacial score (nSPS) is 27.8. The van der Waals surface area contributed by atoms with Crippen LogP contribution in [0.25, 0.3) is 0 Å². The molecule has 4 rings (SSSR count). The van der Waals surface area contributed by atoms with E-state index in [-0.39, 0.29) is 54.2 Å². The summed E-state index contributed by atoms with van der Waals surface area (Å²) in [5, 5.41) is 10.4. The van der Waals surface area contributed by atoms with Crippen LogP contribution in [-0.2, 0) is 4.79 Å². The molecule has 27 heavy (non-hydrogen) atoms. The van der Waals surface area contributed by atoms with Crippen molar-refractivity contribution in [2.75, 3.05) is 5.32 Å². The molecule has 3 saturated carbocycles. The number of carbonyl (C=O) groups is 2. The van der Waals surface area contributed by atoms with Crippen molar-refractivity contribution in [3.63, 3.8) is 0 Å². The molecule has 1 aromatic heterocycles. The number of alkyl halides is 2. The Labute approximate surface area is 156 Å². The molecule has 1 heterocycles. The molecule has 3 aliphatic rings. The minimum Gasteiger partial charge on any atom is -0.365 e. The van der Waals surface area contributed by atoms with Crippen molar-refractivity contribution >= 4 is 17.6 Å². The number of carbonyl (C=O) groups excluding carboxylic acids is 2. The van der Waals surface area contributed by atoms with E-state index in [2.05, 4.69) is 15.7 Å². The van der Waals surface area contributed by atoms with Crippen LogP contribution >= 0.6 is 0 Å². The molecule has 3 fully saturated rings. The van der Waals surface area contributed by atoms with Crippen LogP contribution in [0.15, 0.2) is 6.20 Å². The molecule has 0 aromatic carbocycles. The van der Waals surface area contributed by atoms with E-state index in [4.69, 9.17) is 5.73 Å². The highest BCUT2D eigenvalue weighted by Gasteiger charge is 2.46. The van der Waals surface area contributed by atoms with E-state index >= 15 is 0 Å². The zero-order chi connectivity index (χ0) is 19.2. The number of nitrogens with zero attached hydrogens (tertiary/aromatic N) is 2. The van der Waals surface area contributed by atoms with Gasteiger partial charge in [-0.15, -0.1) is 0 Å². The maximum Gasteiger partial charge on any atom is 0.254 e. The molecule has 4 N–H and O–H groups in total. The minimum absolute atomic E-state index is 0.0104. The monoisotopic (exact) mass is 381 g/mol. The largest absolute Gasteiger partial charge is 0.365 e. The van der Waals surface area contributed by atoms with Gasteiger partial charge in [-0.25, -0.2) is 8.78 Å². The lowest BCUT2D eigenvalue weighted by atomic mass is 9.85. The molecule has 2 amide bonds. The summed E-state index contributed by atoms with van der Waals surface area (Å²) >= 11 is 0. The van der Waals surface area contributed by atoms with Gasteiger partial charge in [-0.05, 0) is 38.5 Å². The third kappa shape index (κ3) is 4.12. The lowest BCUT2D eigenvalue weighted by Crippen LogP contribution is -2.52. The number of nitrogens with two attached hydrogens (primary N) is 1. The maximum absolute atomic E-state index is 13.0.